The number of nitrogens with zero attached hydrogens (tertiary/aromatic N) is 4. The monoisotopic (exact) mass is 426 g/mol. The summed E-state index contributed by atoms with van der Waals surface area (Å²) in [6.07, 6.45) is 5.27. The summed E-state index contributed by atoms with van der Waals surface area (Å²) < 4.78 is 1.60. The number of rotatable bonds is 5. The SMILES string of the molecule is CCc1ccc(-n2cc(C(=O)O)c(=O)c3cnc(Nc4ccc5cn[nH]c5c4)nc32)cc1. The van der Waals surface area contributed by atoms with Crippen molar-refractivity contribution in [3.8, 4) is 5.69 Å². The number of aryl methyl sites for hydroxylation is 1. The minimum Gasteiger partial charge on any atom is -0.477 e. The van der Waals surface area contributed by atoms with E-state index in [-0.39, 0.29) is 16.9 Å². The molecule has 3 aromatic heterocycles. The molecule has 0 saturated heterocycles. The average Bonchev–Trinajstić information content (AvgIpc) is 3.27. The summed E-state index contributed by atoms with van der Waals surface area (Å²) >= 11 is 0. The third kappa shape index (κ3) is 3.35. The van der Waals surface area contributed by atoms with Crippen LogP contribution >= 0.6 is 0 Å². The number of carboxylic acid groups (broad SMARTS) is 1. The van der Waals surface area contributed by atoms with Gasteiger partial charge in [-0.05, 0) is 42.3 Å². The summed E-state index contributed by atoms with van der Waals surface area (Å²) in [6, 6.07) is 13.3. The fourth-order valence-corrected chi connectivity index (χ4v) is 3.56. The van der Waals surface area contributed by atoms with Crippen LogP contribution in [-0.4, -0.2) is 35.8 Å². The standard InChI is InChI=1S/C23H18N6O3/c1-2-13-3-7-16(8-4-13)29-12-18(22(31)32)20(30)17-11-24-23(27-21(17)29)26-15-6-5-14-10-25-28-19(14)9-15/h3-12H,2H2,1H3,(H,25,28)(H,31,32)(H,24,26,27). The molecule has 9 heteroatoms. The highest BCUT2D eigenvalue weighted by Gasteiger charge is 2.17. The molecular formula is C23H18N6O3. The quantitative estimate of drug-likeness (QED) is 0.391. The molecule has 0 atom stereocenters. The van der Waals surface area contributed by atoms with Gasteiger partial charge in [-0.3, -0.25) is 9.89 Å². The van der Waals surface area contributed by atoms with E-state index in [9.17, 15) is 14.7 Å². The number of carboxylic acids is 1. The number of aromatic carboxylic acids is 1. The Morgan fingerprint density at radius 1 is 1.16 bits per heavy atom. The third-order valence-electron chi connectivity index (χ3n) is 5.30. The van der Waals surface area contributed by atoms with Crippen molar-refractivity contribution in [2.75, 3.05) is 5.32 Å². The van der Waals surface area contributed by atoms with Crippen LogP contribution in [0.4, 0.5) is 11.6 Å². The molecule has 0 amide bonds. The molecule has 3 N–H and O–H groups in total. The van der Waals surface area contributed by atoms with E-state index < -0.39 is 11.4 Å². The largest absolute Gasteiger partial charge is 0.477 e. The first-order valence-electron chi connectivity index (χ1n) is 9.98. The molecule has 158 valence electrons. The number of carbonyl (C=O) groups is 1. The predicted molar refractivity (Wildman–Crippen MR) is 121 cm³/mol. The highest BCUT2D eigenvalue weighted by Crippen LogP contribution is 2.22. The van der Waals surface area contributed by atoms with Crippen LogP contribution in [0, 0.1) is 0 Å². The van der Waals surface area contributed by atoms with Gasteiger partial charge < -0.3 is 15.0 Å². The van der Waals surface area contributed by atoms with Crippen molar-refractivity contribution >= 4 is 39.5 Å². The van der Waals surface area contributed by atoms with Crippen LogP contribution < -0.4 is 10.7 Å². The van der Waals surface area contributed by atoms with Crippen LogP contribution in [-0.2, 0) is 6.42 Å². The minimum atomic E-state index is -1.30. The Labute approximate surface area is 181 Å². The Morgan fingerprint density at radius 3 is 2.72 bits per heavy atom. The number of nitrogens with one attached hydrogen (secondary N) is 2. The second-order valence-corrected chi connectivity index (χ2v) is 7.29. The van der Waals surface area contributed by atoms with Gasteiger partial charge in [0, 0.05) is 29.2 Å². The number of aromatic amines is 1. The van der Waals surface area contributed by atoms with Crippen molar-refractivity contribution in [3.05, 3.63) is 82.4 Å². The van der Waals surface area contributed by atoms with Crippen molar-refractivity contribution in [2.45, 2.75) is 13.3 Å². The van der Waals surface area contributed by atoms with Gasteiger partial charge in [-0.25, -0.2) is 9.78 Å². The molecule has 0 spiro atoms. The van der Waals surface area contributed by atoms with Gasteiger partial charge in [0.1, 0.15) is 5.56 Å². The first-order valence-corrected chi connectivity index (χ1v) is 9.98. The zero-order chi connectivity index (χ0) is 22.2. The molecule has 3 heterocycles. The van der Waals surface area contributed by atoms with Crippen molar-refractivity contribution in [1.29, 1.82) is 0 Å². The number of hydrogen-bond donors (Lipinski definition) is 3. The molecule has 5 rings (SSSR count). The third-order valence-corrected chi connectivity index (χ3v) is 5.30. The van der Waals surface area contributed by atoms with Crippen LogP contribution in [0.5, 0.6) is 0 Å². The number of H-pyrrole nitrogens is 1. The lowest BCUT2D eigenvalue weighted by Crippen LogP contribution is -2.19. The molecule has 0 fully saturated rings. The van der Waals surface area contributed by atoms with Gasteiger partial charge in [-0.1, -0.05) is 19.1 Å². The summed E-state index contributed by atoms with van der Waals surface area (Å²) in [5.41, 5.74) is 2.77. The normalized spacial score (nSPS) is 11.2. The van der Waals surface area contributed by atoms with Gasteiger partial charge in [0.15, 0.2) is 5.65 Å². The number of fused-ring (bicyclic) bond motifs is 2. The Bertz CT molecular complexity index is 1540. The van der Waals surface area contributed by atoms with E-state index in [0.29, 0.717) is 11.3 Å². The Morgan fingerprint density at radius 2 is 1.97 bits per heavy atom. The maximum Gasteiger partial charge on any atom is 0.341 e. The Balaban J connectivity index is 1.66. The maximum absolute atomic E-state index is 12.7. The van der Waals surface area contributed by atoms with E-state index in [0.717, 1.165) is 28.6 Å². The Kier molecular flexibility index (Phi) is 4.63. The molecule has 5 aromatic rings. The van der Waals surface area contributed by atoms with E-state index in [1.165, 1.54) is 12.4 Å². The molecule has 0 aliphatic carbocycles. The summed E-state index contributed by atoms with van der Waals surface area (Å²) in [5, 5.41) is 20.7. The maximum atomic E-state index is 12.7. The molecule has 0 saturated carbocycles. The first kappa shape index (κ1) is 19.4. The summed E-state index contributed by atoms with van der Waals surface area (Å²) in [7, 11) is 0. The highest BCUT2D eigenvalue weighted by atomic mass is 16.4. The Hall–Kier alpha value is -4.53. The molecule has 9 nitrogen and oxygen atoms in total. The van der Waals surface area contributed by atoms with Gasteiger partial charge in [-0.15, -0.1) is 0 Å². The fourth-order valence-electron chi connectivity index (χ4n) is 3.56. The molecule has 0 bridgehead atoms. The van der Waals surface area contributed by atoms with E-state index in [1.807, 2.05) is 42.5 Å². The highest BCUT2D eigenvalue weighted by molar-refractivity contribution is 5.92. The van der Waals surface area contributed by atoms with Crippen LogP contribution in [0.1, 0.15) is 22.8 Å². The number of anilines is 2. The van der Waals surface area contributed by atoms with Crippen LogP contribution in [0.2, 0.25) is 0 Å². The molecule has 32 heavy (non-hydrogen) atoms. The second-order valence-electron chi connectivity index (χ2n) is 7.29. The van der Waals surface area contributed by atoms with E-state index in [1.54, 1.807) is 10.8 Å². The molecule has 0 aliphatic rings. The fraction of sp³-hybridized carbons (Fsp3) is 0.0870. The van der Waals surface area contributed by atoms with Gasteiger partial charge in [0.05, 0.1) is 17.1 Å². The lowest BCUT2D eigenvalue weighted by Gasteiger charge is -2.13. The van der Waals surface area contributed by atoms with Gasteiger partial charge in [-0.2, -0.15) is 10.1 Å². The van der Waals surface area contributed by atoms with E-state index in [4.69, 9.17) is 0 Å². The first-order chi connectivity index (χ1) is 15.5. The number of aromatic nitrogens is 5. The molecular weight excluding hydrogens is 408 g/mol. The van der Waals surface area contributed by atoms with Gasteiger partial charge in [0.25, 0.3) is 0 Å². The summed E-state index contributed by atoms with van der Waals surface area (Å²) in [4.78, 5) is 33.2. The zero-order valence-electron chi connectivity index (χ0n) is 17.0. The zero-order valence-corrected chi connectivity index (χ0v) is 17.0. The number of benzene rings is 2. The van der Waals surface area contributed by atoms with Crippen LogP contribution in [0.3, 0.4) is 0 Å². The second kappa shape index (κ2) is 7.62. The van der Waals surface area contributed by atoms with Crippen molar-refractivity contribution in [1.82, 2.24) is 24.7 Å². The molecule has 0 radical (unpaired) electrons. The molecule has 0 unspecified atom stereocenters. The topological polar surface area (TPSA) is 126 Å². The van der Waals surface area contributed by atoms with E-state index >= 15 is 0 Å². The van der Waals surface area contributed by atoms with Gasteiger partial charge >= 0.3 is 5.97 Å². The van der Waals surface area contributed by atoms with Gasteiger partial charge in [0.2, 0.25) is 11.4 Å². The number of hydrogen-bond acceptors (Lipinski definition) is 6. The lowest BCUT2D eigenvalue weighted by molar-refractivity contribution is 0.0695. The number of pyridine rings is 1. The summed E-state index contributed by atoms with van der Waals surface area (Å²) in [5.74, 6) is -1.02. The van der Waals surface area contributed by atoms with Crippen LogP contribution in [0.15, 0.2) is 65.8 Å². The van der Waals surface area contributed by atoms with Crippen molar-refractivity contribution in [2.24, 2.45) is 0 Å². The predicted octanol–water partition coefficient (Wildman–Crippen LogP) is 3.66. The van der Waals surface area contributed by atoms with E-state index in [2.05, 4.69) is 32.4 Å². The average molecular weight is 426 g/mol. The lowest BCUT2D eigenvalue weighted by atomic mass is 10.1. The van der Waals surface area contributed by atoms with Crippen molar-refractivity contribution in [3.63, 3.8) is 0 Å². The molecule has 0 aliphatic heterocycles. The molecule has 2 aromatic carbocycles. The van der Waals surface area contributed by atoms with Crippen LogP contribution in [0.25, 0.3) is 27.6 Å². The smallest absolute Gasteiger partial charge is 0.341 e. The summed E-state index contributed by atoms with van der Waals surface area (Å²) in [6.45, 7) is 2.05. The van der Waals surface area contributed by atoms with Crippen molar-refractivity contribution < 1.29 is 9.90 Å². The minimum absolute atomic E-state index is 0.124.